The Morgan fingerprint density at radius 3 is 2.80 bits per heavy atom. The second kappa shape index (κ2) is 5.12. The minimum Gasteiger partial charge on any atom is -0.493 e. The molecule has 1 aliphatic heterocycles. The molecule has 0 unspecified atom stereocenters. The van der Waals surface area contributed by atoms with Crippen molar-refractivity contribution < 1.29 is 9.53 Å². The van der Waals surface area contributed by atoms with E-state index in [1.165, 1.54) is 0 Å². The fraction of sp³-hybridized carbons (Fsp3) is 0.278. The predicted molar refractivity (Wildman–Crippen MR) is 79.6 cm³/mol. The Labute approximate surface area is 119 Å². The van der Waals surface area contributed by atoms with Crippen LogP contribution in [0.2, 0.25) is 0 Å². The molecule has 0 fully saturated rings. The van der Waals surface area contributed by atoms with Crippen LogP contribution in [0.3, 0.4) is 0 Å². The standard InChI is InChI=1S/C18H18O2/c1-12-8-9-13(2)16(11-12)17(19)15-7-3-5-14-6-4-10-20-18(14)15/h3,5,7-9,11H,4,6,10H2,1-2H3. The summed E-state index contributed by atoms with van der Waals surface area (Å²) in [5.74, 6) is 0.842. The van der Waals surface area contributed by atoms with E-state index in [0.29, 0.717) is 12.2 Å². The number of aryl methyl sites for hydroxylation is 3. The molecule has 2 heteroatoms. The quantitative estimate of drug-likeness (QED) is 0.771. The van der Waals surface area contributed by atoms with Crippen molar-refractivity contribution in [2.45, 2.75) is 26.7 Å². The molecule has 0 radical (unpaired) electrons. The Bertz CT molecular complexity index is 671. The molecule has 0 atom stereocenters. The van der Waals surface area contributed by atoms with Crippen molar-refractivity contribution in [3.05, 3.63) is 64.2 Å². The smallest absolute Gasteiger partial charge is 0.197 e. The van der Waals surface area contributed by atoms with E-state index < -0.39 is 0 Å². The third kappa shape index (κ3) is 2.22. The second-order valence-corrected chi connectivity index (χ2v) is 5.39. The number of rotatable bonds is 2. The molecule has 0 aliphatic carbocycles. The zero-order chi connectivity index (χ0) is 14.1. The van der Waals surface area contributed by atoms with Crippen molar-refractivity contribution in [1.82, 2.24) is 0 Å². The van der Waals surface area contributed by atoms with Gasteiger partial charge in [-0.3, -0.25) is 4.79 Å². The number of fused-ring (bicyclic) bond motifs is 1. The summed E-state index contributed by atoms with van der Waals surface area (Å²) in [6, 6.07) is 11.9. The van der Waals surface area contributed by atoms with Gasteiger partial charge in [0.05, 0.1) is 12.2 Å². The Morgan fingerprint density at radius 1 is 1.10 bits per heavy atom. The number of ketones is 1. The summed E-state index contributed by atoms with van der Waals surface area (Å²) in [5.41, 5.74) is 4.72. The summed E-state index contributed by atoms with van der Waals surface area (Å²) in [6.07, 6.45) is 2.01. The van der Waals surface area contributed by atoms with Crippen LogP contribution in [0.1, 0.15) is 39.0 Å². The Kier molecular flexibility index (Phi) is 3.31. The molecule has 20 heavy (non-hydrogen) atoms. The van der Waals surface area contributed by atoms with Crippen molar-refractivity contribution >= 4 is 5.78 Å². The highest BCUT2D eigenvalue weighted by Crippen LogP contribution is 2.31. The first-order valence-corrected chi connectivity index (χ1v) is 7.03. The molecule has 0 bridgehead atoms. The van der Waals surface area contributed by atoms with Gasteiger partial charge in [-0.2, -0.15) is 0 Å². The topological polar surface area (TPSA) is 26.3 Å². The van der Waals surface area contributed by atoms with Crippen LogP contribution < -0.4 is 4.74 Å². The number of hydrogen-bond donors (Lipinski definition) is 0. The Balaban J connectivity index is 2.09. The fourth-order valence-corrected chi connectivity index (χ4v) is 2.69. The number of para-hydroxylation sites is 1. The Hall–Kier alpha value is -2.09. The van der Waals surface area contributed by atoms with Gasteiger partial charge in [0, 0.05) is 5.56 Å². The second-order valence-electron chi connectivity index (χ2n) is 5.39. The monoisotopic (exact) mass is 266 g/mol. The minimum atomic E-state index is 0.0601. The van der Waals surface area contributed by atoms with Gasteiger partial charge < -0.3 is 4.74 Å². The number of benzene rings is 2. The summed E-state index contributed by atoms with van der Waals surface area (Å²) in [6.45, 7) is 4.68. The number of ether oxygens (including phenoxy) is 1. The van der Waals surface area contributed by atoms with Crippen LogP contribution in [0.5, 0.6) is 5.75 Å². The van der Waals surface area contributed by atoms with E-state index in [2.05, 4.69) is 0 Å². The van der Waals surface area contributed by atoms with Gasteiger partial charge in [0.15, 0.2) is 5.78 Å². The van der Waals surface area contributed by atoms with Gasteiger partial charge in [0.25, 0.3) is 0 Å². The van der Waals surface area contributed by atoms with Crippen LogP contribution in [0.4, 0.5) is 0 Å². The van der Waals surface area contributed by atoms with Crippen LogP contribution in [-0.4, -0.2) is 12.4 Å². The summed E-state index contributed by atoms with van der Waals surface area (Å²) in [7, 11) is 0. The summed E-state index contributed by atoms with van der Waals surface area (Å²) in [5, 5.41) is 0. The van der Waals surface area contributed by atoms with E-state index in [1.807, 2.05) is 50.2 Å². The van der Waals surface area contributed by atoms with Crippen molar-refractivity contribution in [3.8, 4) is 5.75 Å². The first kappa shape index (κ1) is 12.9. The highest BCUT2D eigenvalue weighted by molar-refractivity contribution is 6.11. The number of carbonyl (C=O) groups is 1. The normalized spacial score (nSPS) is 13.5. The van der Waals surface area contributed by atoms with Crippen LogP contribution in [0.25, 0.3) is 0 Å². The predicted octanol–water partition coefficient (Wildman–Crippen LogP) is 3.86. The van der Waals surface area contributed by atoms with Crippen LogP contribution in [0.15, 0.2) is 36.4 Å². The molecule has 1 heterocycles. The first-order chi connectivity index (χ1) is 9.66. The molecule has 0 amide bonds. The molecule has 1 aliphatic rings. The van der Waals surface area contributed by atoms with Crippen molar-refractivity contribution in [3.63, 3.8) is 0 Å². The summed E-state index contributed by atoms with van der Waals surface area (Å²) >= 11 is 0. The molecule has 0 N–H and O–H groups in total. The number of hydrogen-bond acceptors (Lipinski definition) is 2. The zero-order valence-electron chi connectivity index (χ0n) is 11.9. The largest absolute Gasteiger partial charge is 0.493 e. The molecule has 0 spiro atoms. The van der Waals surface area contributed by atoms with Crippen molar-refractivity contribution in [1.29, 1.82) is 0 Å². The van der Waals surface area contributed by atoms with E-state index in [9.17, 15) is 4.79 Å². The van der Waals surface area contributed by atoms with E-state index in [1.54, 1.807) is 0 Å². The highest BCUT2D eigenvalue weighted by atomic mass is 16.5. The molecular weight excluding hydrogens is 248 g/mol. The van der Waals surface area contributed by atoms with Gasteiger partial charge in [0.1, 0.15) is 5.75 Å². The molecule has 2 aromatic carbocycles. The average molecular weight is 266 g/mol. The lowest BCUT2D eigenvalue weighted by molar-refractivity contribution is 0.103. The van der Waals surface area contributed by atoms with Gasteiger partial charge in [-0.05, 0) is 49.9 Å². The molecule has 0 saturated heterocycles. The molecule has 2 nitrogen and oxygen atoms in total. The lowest BCUT2D eigenvalue weighted by Gasteiger charge is -2.20. The lowest BCUT2D eigenvalue weighted by atomic mass is 9.94. The fourth-order valence-electron chi connectivity index (χ4n) is 2.69. The minimum absolute atomic E-state index is 0.0601. The van der Waals surface area contributed by atoms with Gasteiger partial charge in [-0.1, -0.05) is 29.8 Å². The van der Waals surface area contributed by atoms with Gasteiger partial charge in [-0.25, -0.2) is 0 Å². The highest BCUT2D eigenvalue weighted by Gasteiger charge is 2.21. The molecular formula is C18H18O2. The molecule has 0 saturated carbocycles. The van der Waals surface area contributed by atoms with E-state index in [-0.39, 0.29) is 5.78 Å². The molecule has 102 valence electrons. The van der Waals surface area contributed by atoms with E-state index in [0.717, 1.165) is 40.8 Å². The van der Waals surface area contributed by atoms with Crippen molar-refractivity contribution in [2.24, 2.45) is 0 Å². The number of carbonyl (C=O) groups excluding carboxylic acids is 1. The summed E-state index contributed by atoms with van der Waals surface area (Å²) in [4.78, 5) is 12.8. The average Bonchev–Trinajstić information content (AvgIpc) is 2.48. The molecule has 3 rings (SSSR count). The van der Waals surface area contributed by atoms with Crippen LogP contribution >= 0.6 is 0 Å². The third-order valence-electron chi connectivity index (χ3n) is 3.82. The van der Waals surface area contributed by atoms with E-state index in [4.69, 9.17) is 4.74 Å². The van der Waals surface area contributed by atoms with Crippen molar-refractivity contribution in [2.75, 3.05) is 6.61 Å². The lowest BCUT2D eigenvalue weighted by Crippen LogP contribution is -2.14. The maximum Gasteiger partial charge on any atom is 0.197 e. The maximum absolute atomic E-state index is 12.8. The van der Waals surface area contributed by atoms with Gasteiger partial charge in [-0.15, -0.1) is 0 Å². The SMILES string of the molecule is Cc1ccc(C)c(C(=O)c2cccc3c2OCCC3)c1. The third-order valence-corrected chi connectivity index (χ3v) is 3.82. The van der Waals surface area contributed by atoms with E-state index >= 15 is 0 Å². The maximum atomic E-state index is 12.8. The van der Waals surface area contributed by atoms with Crippen LogP contribution in [-0.2, 0) is 6.42 Å². The van der Waals surface area contributed by atoms with Crippen LogP contribution in [0, 0.1) is 13.8 Å². The summed E-state index contributed by atoms with van der Waals surface area (Å²) < 4.78 is 5.75. The zero-order valence-corrected chi connectivity index (χ0v) is 11.9. The molecule has 0 aromatic heterocycles. The van der Waals surface area contributed by atoms with Gasteiger partial charge in [0.2, 0.25) is 0 Å². The van der Waals surface area contributed by atoms with Gasteiger partial charge >= 0.3 is 0 Å². The molecule has 2 aromatic rings. The first-order valence-electron chi connectivity index (χ1n) is 7.03. The Morgan fingerprint density at radius 2 is 1.95 bits per heavy atom.